The highest BCUT2D eigenvalue weighted by atomic mass is 32.2. The number of nitrogens with zero attached hydrogens (tertiary/aromatic N) is 5. The molecule has 1 aromatic carbocycles. The molecule has 3 aromatic rings. The second-order valence-corrected chi connectivity index (χ2v) is 9.85. The van der Waals surface area contributed by atoms with Crippen LogP contribution in [0.2, 0.25) is 0 Å². The lowest BCUT2D eigenvalue weighted by atomic mass is 10.1. The lowest BCUT2D eigenvalue weighted by Gasteiger charge is -2.31. The first-order valence-electron chi connectivity index (χ1n) is 11.9. The molecule has 1 fully saturated rings. The number of ether oxygens (including phenoxy) is 1. The molecule has 4 rings (SSSR count). The molecule has 1 aliphatic rings. The van der Waals surface area contributed by atoms with Gasteiger partial charge in [0.05, 0.1) is 22.8 Å². The first kappa shape index (κ1) is 20.8. The molecule has 3 heterocycles. The van der Waals surface area contributed by atoms with Crippen molar-refractivity contribution in [1.82, 2.24) is 29.0 Å². The summed E-state index contributed by atoms with van der Waals surface area (Å²) in [5.41, 5.74) is 0.123. The van der Waals surface area contributed by atoms with Crippen LogP contribution in [0.15, 0.2) is 27.9 Å². The van der Waals surface area contributed by atoms with E-state index in [-0.39, 0.29) is 33.9 Å². The summed E-state index contributed by atoms with van der Waals surface area (Å²) in [6.07, 6.45) is -1.65. The maximum absolute atomic E-state index is 13.4. The number of hydrogen-bond acceptors (Lipinski definition) is 7. The van der Waals surface area contributed by atoms with Gasteiger partial charge in [-0.3, -0.25) is 9.48 Å². The van der Waals surface area contributed by atoms with Crippen molar-refractivity contribution in [1.29, 1.82) is 0 Å². The number of piperazine rings is 1. The average Bonchev–Trinajstić information content (AvgIpc) is 3.17. The number of nitrogens with one attached hydrogen (secondary N) is 1. The second-order valence-electron chi connectivity index (χ2n) is 7.91. The van der Waals surface area contributed by atoms with Crippen LogP contribution in [0.25, 0.3) is 22.4 Å². The Balaban J connectivity index is 1.89. The van der Waals surface area contributed by atoms with Crippen molar-refractivity contribution in [3.05, 3.63) is 34.2 Å². The Kier molecular flexibility index (Phi) is 5.83. The highest BCUT2D eigenvalue weighted by Crippen LogP contribution is 2.32. The number of aromatic nitrogens is 4. The molecule has 33 heavy (non-hydrogen) atoms. The predicted molar refractivity (Wildman–Crippen MR) is 126 cm³/mol. The van der Waals surface area contributed by atoms with Gasteiger partial charge < -0.3 is 14.6 Å². The van der Waals surface area contributed by atoms with Crippen molar-refractivity contribution >= 4 is 21.1 Å². The maximum atomic E-state index is 13.4. The minimum Gasteiger partial charge on any atom is -0.493 e. The van der Waals surface area contributed by atoms with Crippen LogP contribution < -0.4 is 10.3 Å². The first-order valence-corrected chi connectivity index (χ1v) is 12.4. The Morgan fingerprint density at radius 2 is 1.91 bits per heavy atom. The predicted octanol–water partition coefficient (Wildman–Crippen LogP) is 1.61. The third kappa shape index (κ3) is 4.40. The van der Waals surface area contributed by atoms with Gasteiger partial charge in [-0.05, 0) is 38.5 Å². The van der Waals surface area contributed by atoms with Gasteiger partial charge in [0.2, 0.25) is 10.0 Å². The van der Waals surface area contributed by atoms with E-state index in [9.17, 15) is 13.2 Å². The van der Waals surface area contributed by atoms with Crippen LogP contribution in [0.5, 0.6) is 5.75 Å². The van der Waals surface area contributed by atoms with Crippen LogP contribution in [-0.2, 0) is 23.4 Å². The zero-order valence-electron chi connectivity index (χ0n) is 21.3. The van der Waals surface area contributed by atoms with Crippen molar-refractivity contribution in [3.63, 3.8) is 0 Å². The number of benzene rings is 1. The molecule has 0 amide bonds. The summed E-state index contributed by atoms with van der Waals surface area (Å²) >= 11 is 0. The molecule has 1 saturated heterocycles. The topological polar surface area (TPSA) is 113 Å². The van der Waals surface area contributed by atoms with E-state index in [0.29, 0.717) is 44.1 Å². The lowest BCUT2D eigenvalue weighted by molar-refractivity contribution is 0.222. The molecule has 10 nitrogen and oxygen atoms in total. The number of aryl methyl sites for hydroxylation is 2. The Labute approximate surface area is 196 Å². The van der Waals surface area contributed by atoms with Gasteiger partial charge >= 0.3 is 0 Å². The van der Waals surface area contributed by atoms with E-state index in [4.69, 9.17) is 7.48 Å². The number of likely N-dealkylation sites (N-methyl/N-ethyl adjacent to an activating group) is 1. The summed E-state index contributed by atoms with van der Waals surface area (Å²) < 4.78 is 51.9. The van der Waals surface area contributed by atoms with Crippen molar-refractivity contribution in [2.75, 3.05) is 39.8 Å². The van der Waals surface area contributed by atoms with Crippen LogP contribution in [0.1, 0.15) is 28.7 Å². The van der Waals surface area contributed by atoms with Crippen LogP contribution in [-0.4, -0.2) is 77.2 Å². The summed E-state index contributed by atoms with van der Waals surface area (Å²) in [7, 11) is -0.269. The van der Waals surface area contributed by atoms with Crippen molar-refractivity contribution in [2.45, 2.75) is 31.5 Å². The van der Waals surface area contributed by atoms with Crippen molar-refractivity contribution in [3.8, 4) is 17.1 Å². The molecule has 2 aromatic heterocycles. The molecule has 0 unspecified atom stereocenters. The number of hydrogen-bond donors (Lipinski definition) is 1. The Hall–Kier alpha value is -2.76. The minimum absolute atomic E-state index is 0.0593. The van der Waals surface area contributed by atoms with E-state index in [2.05, 4.69) is 20.0 Å². The summed E-state index contributed by atoms with van der Waals surface area (Å²) in [4.78, 5) is 22.4. The quantitative estimate of drug-likeness (QED) is 0.551. The van der Waals surface area contributed by atoms with Crippen LogP contribution in [0.4, 0.5) is 0 Å². The van der Waals surface area contributed by atoms with E-state index >= 15 is 0 Å². The monoisotopic (exact) mass is 476 g/mol. The molecule has 11 heteroatoms. The molecular formula is C22H30N6O4S. The van der Waals surface area contributed by atoms with Gasteiger partial charge in [-0.1, -0.05) is 13.3 Å². The summed E-state index contributed by atoms with van der Waals surface area (Å²) in [6, 6.07) is 4.50. The zero-order chi connectivity index (χ0) is 25.5. The largest absolute Gasteiger partial charge is 0.493 e. The van der Waals surface area contributed by atoms with E-state index in [1.165, 1.54) is 21.1 Å². The third-order valence-electron chi connectivity index (χ3n) is 5.64. The van der Waals surface area contributed by atoms with Crippen molar-refractivity contribution in [2.24, 2.45) is 7.05 Å². The molecule has 0 spiro atoms. The zero-order valence-corrected chi connectivity index (χ0v) is 20.1. The minimum atomic E-state index is -3.78. The number of aromatic amines is 1. The summed E-state index contributed by atoms with van der Waals surface area (Å²) in [5, 5.41) is 4.23. The van der Waals surface area contributed by atoms with Crippen molar-refractivity contribution < 1.29 is 15.9 Å². The fourth-order valence-corrected chi connectivity index (χ4v) is 5.36. The van der Waals surface area contributed by atoms with E-state index in [1.807, 2.05) is 7.05 Å². The Bertz CT molecular complexity index is 1410. The number of H-pyrrole nitrogens is 1. The molecular weight excluding hydrogens is 444 g/mol. The van der Waals surface area contributed by atoms with E-state index in [1.54, 1.807) is 27.0 Å². The fraction of sp³-hybridized carbons (Fsp3) is 0.500. The van der Waals surface area contributed by atoms with E-state index in [0.717, 1.165) is 0 Å². The van der Waals surface area contributed by atoms with E-state index < -0.39 is 22.0 Å². The van der Waals surface area contributed by atoms with Gasteiger partial charge in [-0.2, -0.15) is 9.40 Å². The molecule has 0 saturated carbocycles. The standard InChI is InChI=1S/C22H30N6O4S/c1-5-7-17-19-20(27(4)25-17)22(29)24-21(23-19)16-14-15(8-9-18(16)32-6-2)33(30,31)28-12-10-26(3)11-13-28/h8-9,14H,5-7,10-13H2,1-4H3,(H,23,24,29)/i7D2. The highest BCUT2D eigenvalue weighted by molar-refractivity contribution is 7.89. The summed E-state index contributed by atoms with van der Waals surface area (Å²) in [6.45, 7) is 5.85. The molecule has 178 valence electrons. The number of fused-ring (bicyclic) bond motifs is 1. The normalized spacial score (nSPS) is 17.2. The van der Waals surface area contributed by atoms with Gasteiger partial charge in [-0.15, -0.1) is 0 Å². The lowest BCUT2D eigenvalue weighted by Crippen LogP contribution is -2.47. The second kappa shape index (κ2) is 9.24. The highest BCUT2D eigenvalue weighted by Gasteiger charge is 2.29. The Morgan fingerprint density at radius 1 is 1.18 bits per heavy atom. The molecule has 0 atom stereocenters. The maximum Gasteiger partial charge on any atom is 0.277 e. The average molecular weight is 477 g/mol. The smallest absolute Gasteiger partial charge is 0.277 e. The molecule has 0 aliphatic carbocycles. The fourth-order valence-electron chi connectivity index (χ4n) is 3.91. The van der Waals surface area contributed by atoms with Gasteiger partial charge in [-0.25, -0.2) is 13.4 Å². The van der Waals surface area contributed by atoms with Gasteiger partial charge in [0.15, 0.2) is 5.52 Å². The van der Waals surface area contributed by atoms with Gasteiger partial charge in [0, 0.05) is 36.0 Å². The third-order valence-corrected chi connectivity index (χ3v) is 7.54. The molecule has 0 radical (unpaired) electrons. The summed E-state index contributed by atoms with van der Waals surface area (Å²) in [5.74, 6) is 0.443. The molecule has 1 aliphatic heterocycles. The molecule has 1 N–H and O–H groups in total. The van der Waals surface area contributed by atoms with Gasteiger partial charge in [0.1, 0.15) is 17.1 Å². The van der Waals surface area contributed by atoms with Crippen LogP contribution >= 0.6 is 0 Å². The van der Waals surface area contributed by atoms with Crippen LogP contribution in [0, 0.1) is 0 Å². The molecule has 0 bridgehead atoms. The SMILES string of the molecule is [2H]C([2H])(CC)c1nn(C)c2c(=O)[nH]c(-c3cc(S(=O)(=O)N4CCN(C)CC4)ccc3OCC)nc12. The Morgan fingerprint density at radius 3 is 2.58 bits per heavy atom. The number of sulfonamides is 1. The van der Waals surface area contributed by atoms with Crippen LogP contribution in [0.3, 0.4) is 0 Å². The van der Waals surface area contributed by atoms with Gasteiger partial charge in [0.25, 0.3) is 5.56 Å². The number of rotatable bonds is 7. The first-order chi connectivity index (χ1) is 16.5.